The van der Waals surface area contributed by atoms with E-state index in [2.05, 4.69) is 10.3 Å². The third-order valence-electron chi connectivity index (χ3n) is 5.11. The lowest BCUT2D eigenvalue weighted by molar-refractivity contribution is 0.207. The number of hydrogen-bond acceptors (Lipinski definition) is 4. The van der Waals surface area contributed by atoms with Gasteiger partial charge in [-0.25, -0.2) is 14.8 Å². The molecule has 1 saturated heterocycles. The van der Waals surface area contributed by atoms with Crippen molar-refractivity contribution < 1.29 is 9.53 Å². The summed E-state index contributed by atoms with van der Waals surface area (Å²) in [5, 5.41) is 3.00. The Labute approximate surface area is 158 Å². The number of amides is 2. The highest BCUT2D eigenvalue weighted by Crippen LogP contribution is 2.28. The van der Waals surface area contributed by atoms with Crippen LogP contribution in [0.2, 0.25) is 0 Å². The summed E-state index contributed by atoms with van der Waals surface area (Å²) < 4.78 is 7.19. The summed E-state index contributed by atoms with van der Waals surface area (Å²) in [6.45, 7) is 1.90. The topological polar surface area (TPSA) is 72.3 Å². The predicted octanol–water partition coefficient (Wildman–Crippen LogP) is 2.68. The molecule has 0 bridgehead atoms. The average molecular weight is 365 g/mol. The second-order valence-corrected chi connectivity index (χ2v) is 6.81. The van der Waals surface area contributed by atoms with Crippen molar-refractivity contribution in [2.24, 2.45) is 7.05 Å². The molecule has 1 aromatic carbocycles. The Morgan fingerprint density at radius 3 is 2.85 bits per heavy atom. The smallest absolute Gasteiger partial charge is 0.317 e. The van der Waals surface area contributed by atoms with Gasteiger partial charge in [0, 0.05) is 38.8 Å². The number of nitrogens with zero attached hydrogens (tertiary/aromatic N) is 4. The van der Waals surface area contributed by atoms with Gasteiger partial charge in [-0.15, -0.1) is 0 Å². The molecule has 3 aromatic rings. The number of aryl methyl sites for hydroxylation is 1. The summed E-state index contributed by atoms with van der Waals surface area (Å²) in [6.07, 6.45) is 2.69. The van der Waals surface area contributed by atoms with Crippen molar-refractivity contribution in [1.82, 2.24) is 24.8 Å². The summed E-state index contributed by atoms with van der Waals surface area (Å²) >= 11 is 0. The Morgan fingerprint density at radius 1 is 1.30 bits per heavy atom. The monoisotopic (exact) mass is 365 g/mol. The lowest BCUT2D eigenvalue weighted by Gasteiger charge is -2.17. The molecule has 0 radical (unpaired) electrons. The van der Waals surface area contributed by atoms with Crippen LogP contribution in [0.4, 0.5) is 4.79 Å². The number of likely N-dealkylation sites (tertiary alicyclic amines) is 1. The number of hydrogen-bond donors (Lipinski definition) is 1. The van der Waals surface area contributed by atoms with Crippen LogP contribution in [0.1, 0.15) is 23.7 Å². The average Bonchev–Trinajstić information content (AvgIpc) is 3.32. The number of ether oxygens (including phenoxy) is 1. The van der Waals surface area contributed by atoms with E-state index in [0.29, 0.717) is 13.1 Å². The fourth-order valence-electron chi connectivity index (χ4n) is 3.59. The maximum absolute atomic E-state index is 12.5. The minimum Gasteiger partial charge on any atom is -0.497 e. The number of fused-ring (bicyclic) bond motifs is 1. The Morgan fingerprint density at radius 2 is 2.11 bits per heavy atom. The van der Waals surface area contributed by atoms with Gasteiger partial charge in [0.1, 0.15) is 17.1 Å². The van der Waals surface area contributed by atoms with E-state index in [0.717, 1.165) is 41.3 Å². The zero-order valence-corrected chi connectivity index (χ0v) is 15.6. The lowest BCUT2D eigenvalue weighted by Crippen LogP contribution is -2.38. The van der Waals surface area contributed by atoms with Crippen molar-refractivity contribution >= 4 is 17.2 Å². The van der Waals surface area contributed by atoms with Gasteiger partial charge in [-0.2, -0.15) is 0 Å². The van der Waals surface area contributed by atoms with Gasteiger partial charge in [-0.3, -0.25) is 0 Å². The molecule has 0 spiro atoms. The maximum Gasteiger partial charge on any atom is 0.317 e. The first-order valence-electron chi connectivity index (χ1n) is 9.08. The summed E-state index contributed by atoms with van der Waals surface area (Å²) in [4.78, 5) is 23.5. The molecular formula is C20H23N5O2. The highest BCUT2D eigenvalue weighted by molar-refractivity contribution is 5.75. The first-order chi connectivity index (χ1) is 13.2. The fraction of sp³-hybridized carbons (Fsp3) is 0.350. The van der Waals surface area contributed by atoms with E-state index in [4.69, 9.17) is 9.72 Å². The fourth-order valence-corrected chi connectivity index (χ4v) is 3.59. The highest BCUT2D eigenvalue weighted by Gasteiger charge is 2.30. The molecule has 1 fully saturated rings. The number of benzene rings is 1. The van der Waals surface area contributed by atoms with Crippen molar-refractivity contribution in [3.05, 3.63) is 54.0 Å². The van der Waals surface area contributed by atoms with Gasteiger partial charge in [-0.1, -0.05) is 12.1 Å². The molecule has 4 rings (SSSR count). The molecule has 1 atom stereocenters. The van der Waals surface area contributed by atoms with Gasteiger partial charge in [-0.05, 0) is 36.2 Å². The maximum atomic E-state index is 12.5. The molecule has 2 amide bonds. The lowest BCUT2D eigenvalue weighted by atomic mass is 10.1. The molecule has 1 aliphatic heterocycles. The van der Waals surface area contributed by atoms with E-state index >= 15 is 0 Å². The minimum absolute atomic E-state index is 0.0368. The van der Waals surface area contributed by atoms with Gasteiger partial charge >= 0.3 is 6.03 Å². The van der Waals surface area contributed by atoms with Gasteiger partial charge < -0.3 is 19.5 Å². The van der Waals surface area contributed by atoms with Crippen LogP contribution in [0.3, 0.4) is 0 Å². The molecular weight excluding hydrogens is 342 g/mol. The SMILES string of the molecule is COc1ccc(CNC(=O)N2CCC(c3nc4cccnc4n3C)C2)cc1. The van der Waals surface area contributed by atoms with Crippen LogP contribution in [0.5, 0.6) is 5.75 Å². The molecule has 1 unspecified atom stereocenters. The number of carbonyl (C=O) groups is 1. The van der Waals surface area contributed by atoms with Crippen LogP contribution in [-0.2, 0) is 13.6 Å². The molecule has 3 heterocycles. The number of aromatic nitrogens is 3. The number of carbonyl (C=O) groups excluding carboxylic acids is 1. The standard InChI is InChI=1S/C20H23N5O2/c1-24-18(23-17-4-3-10-21-19(17)24)15-9-11-25(13-15)20(26)22-12-14-5-7-16(27-2)8-6-14/h3-8,10,15H,9,11-13H2,1-2H3,(H,22,26). The Balaban J connectivity index is 1.38. The summed E-state index contributed by atoms with van der Waals surface area (Å²) in [5.41, 5.74) is 2.83. The van der Waals surface area contributed by atoms with E-state index < -0.39 is 0 Å². The molecule has 140 valence electrons. The molecule has 27 heavy (non-hydrogen) atoms. The second-order valence-electron chi connectivity index (χ2n) is 6.81. The van der Waals surface area contributed by atoms with Crippen LogP contribution in [-0.4, -0.2) is 45.7 Å². The molecule has 0 aliphatic carbocycles. The van der Waals surface area contributed by atoms with Crippen molar-refractivity contribution in [2.75, 3.05) is 20.2 Å². The first kappa shape index (κ1) is 17.3. The third-order valence-corrected chi connectivity index (χ3v) is 5.11. The minimum atomic E-state index is -0.0368. The number of imidazole rings is 1. The molecule has 7 nitrogen and oxygen atoms in total. The summed E-state index contributed by atoms with van der Waals surface area (Å²) in [5.74, 6) is 2.04. The highest BCUT2D eigenvalue weighted by atomic mass is 16.5. The van der Waals surface area contributed by atoms with Gasteiger partial charge in [0.15, 0.2) is 5.65 Å². The van der Waals surface area contributed by atoms with Crippen LogP contribution in [0.25, 0.3) is 11.2 Å². The first-order valence-corrected chi connectivity index (χ1v) is 9.08. The largest absolute Gasteiger partial charge is 0.497 e. The summed E-state index contributed by atoms with van der Waals surface area (Å²) in [6, 6.07) is 11.5. The van der Waals surface area contributed by atoms with Gasteiger partial charge in [0.25, 0.3) is 0 Å². The number of methoxy groups -OCH3 is 1. The normalized spacial score (nSPS) is 16.7. The van der Waals surface area contributed by atoms with E-state index in [9.17, 15) is 4.79 Å². The van der Waals surface area contributed by atoms with Crippen molar-refractivity contribution in [3.8, 4) is 5.75 Å². The van der Waals surface area contributed by atoms with E-state index in [1.54, 1.807) is 13.3 Å². The van der Waals surface area contributed by atoms with Crippen LogP contribution < -0.4 is 10.1 Å². The number of rotatable bonds is 4. The van der Waals surface area contributed by atoms with Crippen molar-refractivity contribution in [2.45, 2.75) is 18.9 Å². The van der Waals surface area contributed by atoms with Crippen LogP contribution in [0.15, 0.2) is 42.6 Å². The van der Waals surface area contributed by atoms with Crippen molar-refractivity contribution in [1.29, 1.82) is 0 Å². The van der Waals surface area contributed by atoms with Gasteiger partial charge in [0.2, 0.25) is 0 Å². The molecule has 7 heteroatoms. The quantitative estimate of drug-likeness (QED) is 0.772. The zero-order valence-electron chi connectivity index (χ0n) is 15.6. The molecule has 1 aliphatic rings. The molecule has 0 saturated carbocycles. The third kappa shape index (κ3) is 3.45. The number of nitrogens with one attached hydrogen (secondary N) is 1. The Hall–Kier alpha value is -3.09. The van der Waals surface area contributed by atoms with E-state index in [1.165, 1.54) is 0 Å². The van der Waals surface area contributed by atoms with Crippen LogP contribution in [0, 0.1) is 0 Å². The summed E-state index contributed by atoms with van der Waals surface area (Å²) in [7, 11) is 3.63. The van der Waals surface area contributed by atoms with E-state index in [-0.39, 0.29) is 11.9 Å². The molecule has 2 aromatic heterocycles. The molecule has 1 N–H and O–H groups in total. The van der Waals surface area contributed by atoms with Crippen LogP contribution >= 0.6 is 0 Å². The van der Waals surface area contributed by atoms with Gasteiger partial charge in [0.05, 0.1) is 7.11 Å². The Bertz CT molecular complexity index is 951. The number of urea groups is 1. The number of pyridine rings is 1. The van der Waals surface area contributed by atoms with E-state index in [1.807, 2.05) is 52.9 Å². The zero-order chi connectivity index (χ0) is 18.8. The Kier molecular flexibility index (Phi) is 4.66. The van der Waals surface area contributed by atoms with Crippen molar-refractivity contribution in [3.63, 3.8) is 0 Å². The second kappa shape index (κ2) is 7.26. The predicted molar refractivity (Wildman–Crippen MR) is 103 cm³/mol.